The molecule has 0 saturated heterocycles. The maximum atomic E-state index is 10.4. The van der Waals surface area contributed by atoms with E-state index < -0.39 is 5.97 Å². The number of benzene rings is 1. The number of unbranched alkanes of at least 4 members (excludes halogenated alkanes) is 1. The summed E-state index contributed by atoms with van der Waals surface area (Å²) in [6.07, 6.45) is 1.94. The van der Waals surface area contributed by atoms with Crippen LogP contribution in [0.2, 0.25) is 0 Å². The van der Waals surface area contributed by atoms with Crippen molar-refractivity contribution in [2.45, 2.75) is 32.7 Å². The topological polar surface area (TPSA) is 40.5 Å². The van der Waals surface area contributed by atoms with Crippen molar-refractivity contribution in [1.82, 2.24) is 4.90 Å². The first kappa shape index (κ1) is 15.2. The van der Waals surface area contributed by atoms with Crippen molar-refractivity contribution >= 4 is 21.9 Å². The highest BCUT2D eigenvalue weighted by molar-refractivity contribution is 9.10. The number of hydrogen-bond acceptors (Lipinski definition) is 2. The first-order chi connectivity index (χ1) is 8.49. The van der Waals surface area contributed by atoms with Crippen LogP contribution in [-0.4, -0.2) is 29.6 Å². The molecule has 3 nitrogen and oxygen atoms in total. The van der Waals surface area contributed by atoms with Crippen LogP contribution in [0, 0.1) is 6.92 Å². The molecule has 0 spiro atoms. The van der Waals surface area contributed by atoms with Gasteiger partial charge in [0.1, 0.15) is 0 Å². The predicted octanol–water partition coefficient (Wildman–Crippen LogP) is 3.44. The summed E-state index contributed by atoms with van der Waals surface area (Å²) in [6, 6.07) is 6.30. The van der Waals surface area contributed by atoms with Gasteiger partial charge >= 0.3 is 5.97 Å². The molecule has 0 saturated carbocycles. The lowest BCUT2D eigenvalue weighted by atomic mass is 10.1. The number of rotatable bonds is 7. The molecule has 1 rings (SSSR count). The van der Waals surface area contributed by atoms with E-state index in [1.807, 2.05) is 6.07 Å². The predicted molar refractivity (Wildman–Crippen MR) is 76.7 cm³/mol. The third-order valence-corrected chi connectivity index (χ3v) is 3.43. The molecule has 4 heteroatoms. The molecule has 0 atom stereocenters. The van der Waals surface area contributed by atoms with E-state index in [1.54, 1.807) is 0 Å². The van der Waals surface area contributed by atoms with Crippen LogP contribution in [-0.2, 0) is 11.3 Å². The minimum Gasteiger partial charge on any atom is -0.481 e. The second kappa shape index (κ2) is 7.54. The van der Waals surface area contributed by atoms with Gasteiger partial charge < -0.3 is 10.0 Å². The number of aryl methyl sites for hydroxylation is 1. The molecule has 0 aliphatic heterocycles. The quantitative estimate of drug-likeness (QED) is 0.784. The third-order valence-electron chi connectivity index (χ3n) is 2.93. The molecule has 0 aliphatic rings. The van der Waals surface area contributed by atoms with Gasteiger partial charge in [-0.25, -0.2) is 0 Å². The molecular formula is C14H20BrNO2. The van der Waals surface area contributed by atoms with E-state index in [0.29, 0.717) is 0 Å². The molecule has 18 heavy (non-hydrogen) atoms. The van der Waals surface area contributed by atoms with Crippen LogP contribution < -0.4 is 0 Å². The second-order valence-corrected chi connectivity index (χ2v) is 5.58. The van der Waals surface area contributed by atoms with Crippen LogP contribution in [0.4, 0.5) is 0 Å². The fourth-order valence-corrected chi connectivity index (χ4v) is 2.25. The lowest BCUT2D eigenvalue weighted by Gasteiger charge is -2.18. The molecular weight excluding hydrogens is 294 g/mol. The average Bonchev–Trinajstić information content (AvgIpc) is 2.29. The van der Waals surface area contributed by atoms with E-state index >= 15 is 0 Å². The number of carboxylic acid groups (broad SMARTS) is 1. The fraction of sp³-hybridized carbons (Fsp3) is 0.500. The molecule has 0 heterocycles. The monoisotopic (exact) mass is 313 g/mol. The summed E-state index contributed by atoms with van der Waals surface area (Å²) >= 11 is 3.48. The van der Waals surface area contributed by atoms with Crippen molar-refractivity contribution in [2.24, 2.45) is 0 Å². The summed E-state index contributed by atoms with van der Waals surface area (Å²) in [7, 11) is 2.07. The highest BCUT2D eigenvalue weighted by Crippen LogP contribution is 2.17. The Morgan fingerprint density at radius 3 is 2.78 bits per heavy atom. The van der Waals surface area contributed by atoms with Crippen LogP contribution >= 0.6 is 15.9 Å². The van der Waals surface area contributed by atoms with Crippen molar-refractivity contribution in [2.75, 3.05) is 13.6 Å². The summed E-state index contributed by atoms with van der Waals surface area (Å²) in [6.45, 7) is 3.94. The van der Waals surface area contributed by atoms with Gasteiger partial charge in [0.2, 0.25) is 0 Å². The maximum Gasteiger partial charge on any atom is 0.303 e. The molecule has 100 valence electrons. The molecule has 0 aliphatic carbocycles. The lowest BCUT2D eigenvalue weighted by molar-refractivity contribution is -0.137. The van der Waals surface area contributed by atoms with Gasteiger partial charge in [0.05, 0.1) is 0 Å². The molecule has 0 unspecified atom stereocenters. The Kier molecular flexibility index (Phi) is 6.36. The minimum atomic E-state index is -0.708. The Bertz CT molecular complexity index is 407. The molecule has 1 aromatic carbocycles. The van der Waals surface area contributed by atoms with Crippen LogP contribution in [0.25, 0.3) is 0 Å². The number of nitrogens with zero attached hydrogens (tertiary/aromatic N) is 1. The van der Waals surface area contributed by atoms with Crippen molar-refractivity contribution in [3.05, 3.63) is 33.8 Å². The summed E-state index contributed by atoms with van der Waals surface area (Å²) in [4.78, 5) is 12.6. The first-order valence-corrected chi connectivity index (χ1v) is 6.93. The van der Waals surface area contributed by atoms with Gasteiger partial charge in [-0.05, 0) is 56.6 Å². The highest BCUT2D eigenvalue weighted by Gasteiger charge is 2.04. The normalized spacial score (nSPS) is 10.9. The van der Waals surface area contributed by atoms with Crippen molar-refractivity contribution in [1.29, 1.82) is 0 Å². The van der Waals surface area contributed by atoms with Crippen molar-refractivity contribution in [3.8, 4) is 0 Å². The van der Waals surface area contributed by atoms with Gasteiger partial charge in [-0.15, -0.1) is 0 Å². The zero-order chi connectivity index (χ0) is 13.5. The standard InChI is InChI=1S/C14H20BrNO2/c1-11-6-7-13(15)9-12(11)10-16(2)8-4-3-5-14(17)18/h6-7,9H,3-5,8,10H2,1-2H3,(H,17,18). The molecule has 0 radical (unpaired) electrons. The van der Waals surface area contributed by atoms with Gasteiger partial charge in [-0.2, -0.15) is 0 Å². The maximum absolute atomic E-state index is 10.4. The van der Waals surface area contributed by atoms with E-state index in [-0.39, 0.29) is 6.42 Å². The number of carboxylic acids is 1. The van der Waals surface area contributed by atoms with Crippen LogP contribution in [0.15, 0.2) is 22.7 Å². The van der Waals surface area contributed by atoms with E-state index in [4.69, 9.17) is 5.11 Å². The van der Waals surface area contributed by atoms with Gasteiger partial charge in [0.15, 0.2) is 0 Å². The molecule has 1 aromatic rings. The molecule has 0 amide bonds. The zero-order valence-corrected chi connectivity index (χ0v) is 12.5. The number of hydrogen-bond donors (Lipinski definition) is 1. The summed E-state index contributed by atoms with van der Waals surface area (Å²) in [5, 5.41) is 8.56. The van der Waals surface area contributed by atoms with Crippen molar-refractivity contribution in [3.63, 3.8) is 0 Å². The molecule has 0 bridgehead atoms. The Hall–Kier alpha value is -0.870. The van der Waals surface area contributed by atoms with Crippen LogP contribution in [0.5, 0.6) is 0 Å². The molecule has 1 N–H and O–H groups in total. The van der Waals surface area contributed by atoms with Gasteiger partial charge in [0, 0.05) is 17.4 Å². The summed E-state index contributed by atoms with van der Waals surface area (Å²) in [5.74, 6) is -0.708. The van der Waals surface area contributed by atoms with Gasteiger partial charge in [0.25, 0.3) is 0 Å². The van der Waals surface area contributed by atoms with Gasteiger partial charge in [-0.3, -0.25) is 4.79 Å². The Morgan fingerprint density at radius 1 is 1.39 bits per heavy atom. The molecule has 0 aromatic heterocycles. The summed E-state index contributed by atoms with van der Waals surface area (Å²) in [5.41, 5.74) is 2.60. The van der Waals surface area contributed by atoms with Crippen LogP contribution in [0.3, 0.4) is 0 Å². The number of aliphatic carboxylic acids is 1. The van der Waals surface area contributed by atoms with Crippen LogP contribution in [0.1, 0.15) is 30.4 Å². The fourth-order valence-electron chi connectivity index (χ4n) is 1.84. The summed E-state index contributed by atoms with van der Waals surface area (Å²) < 4.78 is 1.10. The second-order valence-electron chi connectivity index (χ2n) is 4.66. The van der Waals surface area contributed by atoms with E-state index in [1.165, 1.54) is 11.1 Å². The van der Waals surface area contributed by atoms with Crippen molar-refractivity contribution < 1.29 is 9.90 Å². The highest BCUT2D eigenvalue weighted by atomic mass is 79.9. The zero-order valence-electron chi connectivity index (χ0n) is 10.9. The minimum absolute atomic E-state index is 0.268. The van der Waals surface area contributed by atoms with E-state index in [0.717, 1.165) is 30.4 Å². The SMILES string of the molecule is Cc1ccc(Br)cc1CN(C)CCCCC(=O)O. The number of halogens is 1. The smallest absolute Gasteiger partial charge is 0.303 e. The first-order valence-electron chi connectivity index (χ1n) is 6.14. The van der Waals surface area contributed by atoms with E-state index in [9.17, 15) is 4.79 Å². The Balaban J connectivity index is 2.37. The third kappa shape index (κ3) is 5.65. The average molecular weight is 314 g/mol. The Labute approximate surface area is 117 Å². The largest absolute Gasteiger partial charge is 0.481 e. The number of carbonyl (C=O) groups is 1. The molecule has 0 fully saturated rings. The van der Waals surface area contributed by atoms with E-state index in [2.05, 4.69) is 46.9 Å². The lowest BCUT2D eigenvalue weighted by Crippen LogP contribution is -2.19. The Morgan fingerprint density at radius 2 is 2.11 bits per heavy atom. The van der Waals surface area contributed by atoms with Gasteiger partial charge in [-0.1, -0.05) is 22.0 Å².